The molecule has 0 bridgehead atoms. The molecule has 0 atom stereocenters. The molecule has 4 amide bonds. The number of carbonyl (C=O) groups is 3. The van der Waals surface area contributed by atoms with Crippen molar-refractivity contribution in [3.05, 3.63) is 90.0 Å². The molecule has 1 aliphatic rings. The molecule has 0 spiro atoms. The highest BCUT2D eigenvalue weighted by Gasteiger charge is 2.28. The molecular weight excluding hydrogens is 452 g/mol. The lowest BCUT2D eigenvalue weighted by atomic mass is 10.1. The lowest BCUT2D eigenvalue weighted by Gasteiger charge is -2.23. The third-order valence-corrected chi connectivity index (χ3v) is 5.81. The SMILES string of the molecule is O=C1CC(=O)N(c2ccc(NC(=O)Nc3ccccc3Cl)cc2)c2ccc3ccccc3c2N1. The summed E-state index contributed by atoms with van der Waals surface area (Å²) in [5.74, 6) is -0.705. The minimum Gasteiger partial charge on any atom is -0.323 e. The third-order valence-electron chi connectivity index (χ3n) is 5.48. The van der Waals surface area contributed by atoms with Crippen LogP contribution < -0.4 is 20.9 Å². The first-order valence-electron chi connectivity index (χ1n) is 10.6. The standard InChI is InChI=1S/C26H19ClN4O3/c27-20-7-3-4-8-21(20)29-26(34)28-17-10-12-18(13-11-17)31-22-14-9-16-5-1-2-6-19(16)25(22)30-23(32)15-24(31)33/h1-14H,15H2,(H,30,32)(H2,28,29,34). The van der Waals surface area contributed by atoms with Crippen molar-refractivity contribution < 1.29 is 14.4 Å². The third kappa shape index (κ3) is 4.16. The number of urea groups is 1. The quantitative estimate of drug-likeness (QED) is 0.314. The molecule has 3 N–H and O–H groups in total. The normalized spacial score (nSPS) is 13.1. The fourth-order valence-corrected chi connectivity index (χ4v) is 4.12. The number of carbonyl (C=O) groups excluding carboxylic acids is 3. The van der Waals surface area contributed by atoms with Gasteiger partial charge in [0.15, 0.2) is 0 Å². The van der Waals surface area contributed by atoms with Crippen molar-refractivity contribution >= 4 is 68.7 Å². The molecule has 8 heteroatoms. The van der Waals surface area contributed by atoms with Crippen LogP contribution in [0, 0.1) is 0 Å². The van der Waals surface area contributed by atoms with Gasteiger partial charge >= 0.3 is 6.03 Å². The molecule has 1 heterocycles. The van der Waals surface area contributed by atoms with Crippen molar-refractivity contribution in [2.45, 2.75) is 6.42 Å². The zero-order chi connectivity index (χ0) is 23.7. The molecule has 0 saturated carbocycles. The summed E-state index contributed by atoms with van der Waals surface area (Å²) in [5.41, 5.74) is 2.79. The van der Waals surface area contributed by atoms with E-state index in [1.165, 1.54) is 4.90 Å². The first-order chi connectivity index (χ1) is 16.5. The van der Waals surface area contributed by atoms with Gasteiger partial charge in [0.1, 0.15) is 6.42 Å². The Morgan fingerprint density at radius 3 is 2.38 bits per heavy atom. The topological polar surface area (TPSA) is 90.5 Å². The molecule has 168 valence electrons. The Kier molecular flexibility index (Phi) is 5.61. The molecule has 0 radical (unpaired) electrons. The average Bonchev–Trinajstić information content (AvgIpc) is 2.95. The molecule has 4 aromatic rings. The van der Waals surface area contributed by atoms with Crippen molar-refractivity contribution in [1.82, 2.24) is 0 Å². The lowest BCUT2D eigenvalue weighted by Crippen LogP contribution is -2.26. The number of hydrogen-bond acceptors (Lipinski definition) is 3. The molecule has 0 unspecified atom stereocenters. The molecule has 0 fully saturated rings. The second kappa shape index (κ2) is 8.88. The number of nitrogens with one attached hydrogen (secondary N) is 3. The van der Waals surface area contributed by atoms with Gasteiger partial charge in [-0.1, -0.05) is 54.1 Å². The van der Waals surface area contributed by atoms with E-state index in [-0.39, 0.29) is 18.2 Å². The maximum Gasteiger partial charge on any atom is 0.323 e. The number of para-hydroxylation sites is 1. The highest BCUT2D eigenvalue weighted by Crippen LogP contribution is 2.40. The average molecular weight is 471 g/mol. The summed E-state index contributed by atoms with van der Waals surface area (Å²) >= 11 is 6.08. The number of nitrogens with zero attached hydrogens (tertiary/aromatic N) is 1. The fraction of sp³-hybridized carbons (Fsp3) is 0.0385. The Hall–Kier alpha value is -4.36. The Bertz CT molecular complexity index is 1440. The summed E-state index contributed by atoms with van der Waals surface area (Å²) in [6, 6.07) is 24.7. The molecule has 4 aromatic carbocycles. The van der Waals surface area contributed by atoms with Crippen molar-refractivity contribution in [3.63, 3.8) is 0 Å². The van der Waals surface area contributed by atoms with E-state index in [0.717, 1.165) is 10.8 Å². The van der Waals surface area contributed by atoms with E-state index in [1.807, 2.05) is 36.4 Å². The first kappa shape index (κ1) is 21.5. The summed E-state index contributed by atoms with van der Waals surface area (Å²) in [7, 11) is 0. The second-order valence-electron chi connectivity index (χ2n) is 7.74. The van der Waals surface area contributed by atoms with E-state index in [0.29, 0.717) is 33.5 Å². The van der Waals surface area contributed by atoms with Crippen LogP contribution in [0.1, 0.15) is 6.42 Å². The second-order valence-corrected chi connectivity index (χ2v) is 8.15. The highest BCUT2D eigenvalue weighted by molar-refractivity contribution is 6.33. The molecule has 34 heavy (non-hydrogen) atoms. The van der Waals surface area contributed by atoms with Gasteiger partial charge in [-0.15, -0.1) is 0 Å². The number of rotatable bonds is 3. The highest BCUT2D eigenvalue weighted by atomic mass is 35.5. The van der Waals surface area contributed by atoms with Crippen LogP contribution >= 0.6 is 11.6 Å². The van der Waals surface area contributed by atoms with Crippen LogP contribution in [0.3, 0.4) is 0 Å². The Morgan fingerprint density at radius 1 is 0.853 bits per heavy atom. The van der Waals surface area contributed by atoms with Gasteiger partial charge in [-0.05, 0) is 47.9 Å². The number of amides is 4. The molecule has 0 aliphatic carbocycles. The Morgan fingerprint density at radius 2 is 1.59 bits per heavy atom. The van der Waals surface area contributed by atoms with Crippen molar-refractivity contribution in [1.29, 1.82) is 0 Å². The number of anilines is 5. The number of hydrogen-bond donors (Lipinski definition) is 3. The van der Waals surface area contributed by atoms with Gasteiger partial charge in [0, 0.05) is 16.8 Å². The number of halogens is 1. The van der Waals surface area contributed by atoms with Gasteiger partial charge < -0.3 is 16.0 Å². The summed E-state index contributed by atoms with van der Waals surface area (Å²) < 4.78 is 0. The molecule has 1 aliphatic heterocycles. The van der Waals surface area contributed by atoms with Gasteiger partial charge in [0.05, 0.1) is 22.1 Å². The minimum atomic E-state index is -0.446. The van der Waals surface area contributed by atoms with Crippen LogP contribution in [0.25, 0.3) is 10.8 Å². The Balaban J connectivity index is 1.43. The zero-order valence-corrected chi connectivity index (χ0v) is 18.6. The summed E-state index contributed by atoms with van der Waals surface area (Å²) in [6.07, 6.45) is -0.275. The van der Waals surface area contributed by atoms with E-state index in [1.54, 1.807) is 48.5 Å². The maximum absolute atomic E-state index is 13.0. The van der Waals surface area contributed by atoms with E-state index >= 15 is 0 Å². The van der Waals surface area contributed by atoms with Gasteiger partial charge in [-0.2, -0.15) is 0 Å². The van der Waals surface area contributed by atoms with E-state index in [9.17, 15) is 14.4 Å². The smallest absolute Gasteiger partial charge is 0.323 e. The predicted molar refractivity (Wildman–Crippen MR) is 135 cm³/mol. The Labute approximate surface area is 200 Å². The molecule has 0 aromatic heterocycles. The number of benzene rings is 4. The molecule has 5 rings (SSSR count). The van der Waals surface area contributed by atoms with Crippen molar-refractivity contribution in [3.8, 4) is 0 Å². The van der Waals surface area contributed by atoms with Crippen LogP contribution in [-0.2, 0) is 9.59 Å². The minimum absolute atomic E-state index is 0.275. The molecular formula is C26H19ClN4O3. The molecule has 0 saturated heterocycles. The van der Waals surface area contributed by atoms with Gasteiger partial charge in [0.25, 0.3) is 0 Å². The van der Waals surface area contributed by atoms with Crippen molar-refractivity contribution in [2.24, 2.45) is 0 Å². The van der Waals surface area contributed by atoms with Crippen LogP contribution in [0.15, 0.2) is 84.9 Å². The predicted octanol–water partition coefficient (Wildman–Crippen LogP) is 6.14. The van der Waals surface area contributed by atoms with E-state index in [2.05, 4.69) is 16.0 Å². The van der Waals surface area contributed by atoms with E-state index in [4.69, 9.17) is 11.6 Å². The van der Waals surface area contributed by atoms with Gasteiger partial charge in [-0.25, -0.2) is 4.79 Å². The van der Waals surface area contributed by atoms with Crippen LogP contribution in [0.4, 0.5) is 33.2 Å². The summed E-state index contributed by atoms with van der Waals surface area (Å²) in [4.78, 5) is 39.3. The van der Waals surface area contributed by atoms with Gasteiger partial charge in [-0.3, -0.25) is 14.5 Å². The van der Waals surface area contributed by atoms with Crippen LogP contribution in [0.2, 0.25) is 5.02 Å². The first-order valence-corrected chi connectivity index (χ1v) is 10.9. The summed E-state index contributed by atoms with van der Waals surface area (Å²) in [5, 5.41) is 10.6. The maximum atomic E-state index is 13.0. The van der Waals surface area contributed by atoms with Gasteiger partial charge in [0.2, 0.25) is 11.8 Å². The molecule has 7 nitrogen and oxygen atoms in total. The monoisotopic (exact) mass is 470 g/mol. The fourth-order valence-electron chi connectivity index (χ4n) is 3.94. The van der Waals surface area contributed by atoms with Crippen LogP contribution in [0.5, 0.6) is 0 Å². The largest absolute Gasteiger partial charge is 0.323 e. The summed E-state index contributed by atoms with van der Waals surface area (Å²) in [6.45, 7) is 0. The lowest BCUT2D eigenvalue weighted by molar-refractivity contribution is -0.124. The zero-order valence-electron chi connectivity index (χ0n) is 17.8. The number of fused-ring (bicyclic) bond motifs is 3. The van der Waals surface area contributed by atoms with Crippen LogP contribution in [-0.4, -0.2) is 17.8 Å². The van der Waals surface area contributed by atoms with E-state index < -0.39 is 6.03 Å². The van der Waals surface area contributed by atoms with Crippen molar-refractivity contribution in [2.75, 3.05) is 20.9 Å².